The molecule has 8 heteroatoms. The van der Waals surface area contributed by atoms with E-state index in [0.29, 0.717) is 21.7 Å². The smallest absolute Gasteiger partial charge is 0.269 e. The molecule has 0 unspecified atom stereocenters. The number of hydrogen-bond donors (Lipinski definition) is 3. The summed E-state index contributed by atoms with van der Waals surface area (Å²) in [7, 11) is 0. The Morgan fingerprint density at radius 3 is 2.46 bits per heavy atom. The number of rotatable bonds is 4. The third-order valence-corrected chi connectivity index (χ3v) is 5.67. The van der Waals surface area contributed by atoms with Gasteiger partial charge < -0.3 is 4.98 Å². The van der Waals surface area contributed by atoms with Crippen molar-refractivity contribution in [2.24, 2.45) is 0 Å². The van der Waals surface area contributed by atoms with Gasteiger partial charge in [0.2, 0.25) is 5.91 Å². The highest BCUT2D eigenvalue weighted by Gasteiger charge is 2.14. The summed E-state index contributed by atoms with van der Waals surface area (Å²) in [6.45, 7) is 7.95. The molecule has 2 heterocycles. The number of fused-ring (bicyclic) bond motifs is 1. The van der Waals surface area contributed by atoms with E-state index >= 15 is 0 Å². The molecule has 0 aliphatic heterocycles. The van der Waals surface area contributed by atoms with Crippen LogP contribution in [-0.2, 0) is 11.2 Å². The first kappa shape index (κ1) is 19.8. The Kier molecular flexibility index (Phi) is 5.60. The Morgan fingerprint density at radius 1 is 1.14 bits per heavy atom. The highest BCUT2D eigenvalue weighted by molar-refractivity contribution is 7.18. The lowest BCUT2D eigenvalue weighted by Gasteiger charge is -2.09. The minimum atomic E-state index is -0.473. The highest BCUT2D eigenvalue weighted by atomic mass is 32.1. The van der Waals surface area contributed by atoms with Crippen molar-refractivity contribution in [3.05, 3.63) is 62.0 Å². The van der Waals surface area contributed by atoms with Crippen LogP contribution in [0, 0.1) is 13.8 Å². The van der Waals surface area contributed by atoms with Gasteiger partial charge in [0, 0.05) is 10.4 Å². The molecule has 0 saturated heterocycles. The van der Waals surface area contributed by atoms with Crippen molar-refractivity contribution in [3.63, 3.8) is 0 Å². The summed E-state index contributed by atoms with van der Waals surface area (Å²) < 4.78 is 0. The minimum absolute atomic E-state index is 0.145. The molecule has 0 spiro atoms. The van der Waals surface area contributed by atoms with Gasteiger partial charge in [0.05, 0.1) is 11.8 Å². The maximum absolute atomic E-state index is 12.3. The first-order chi connectivity index (χ1) is 13.3. The van der Waals surface area contributed by atoms with Crippen LogP contribution in [0.5, 0.6) is 0 Å². The number of aromatic amines is 1. The van der Waals surface area contributed by atoms with Gasteiger partial charge in [-0.05, 0) is 43.0 Å². The number of H-pyrrole nitrogens is 1. The van der Waals surface area contributed by atoms with E-state index < -0.39 is 11.8 Å². The van der Waals surface area contributed by atoms with Gasteiger partial charge in [0.1, 0.15) is 10.7 Å². The number of hydrazine groups is 1. The Bertz CT molecular complexity index is 1100. The monoisotopic (exact) mass is 398 g/mol. The van der Waals surface area contributed by atoms with Gasteiger partial charge in [-0.3, -0.25) is 25.2 Å². The van der Waals surface area contributed by atoms with Gasteiger partial charge >= 0.3 is 0 Å². The van der Waals surface area contributed by atoms with Gasteiger partial charge in [0.15, 0.2) is 0 Å². The lowest BCUT2D eigenvalue weighted by Crippen LogP contribution is -2.42. The van der Waals surface area contributed by atoms with Crippen molar-refractivity contribution in [1.29, 1.82) is 0 Å². The van der Waals surface area contributed by atoms with E-state index in [2.05, 4.69) is 34.7 Å². The van der Waals surface area contributed by atoms with E-state index in [9.17, 15) is 14.4 Å². The topological polar surface area (TPSA) is 104 Å². The van der Waals surface area contributed by atoms with Crippen molar-refractivity contribution in [2.45, 2.75) is 40.0 Å². The number of aromatic nitrogens is 2. The van der Waals surface area contributed by atoms with E-state index in [0.717, 1.165) is 16.0 Å². The largest absolute Gasteiger partial charge is 0.309 e. The normalized spacial score (nSPS) is 11.0. The second-order valence-electron chi connectivity index (χ2n) is 6.93. The number of amides is 2. The van der Waals surface area contributed by atoms with Crippen molar-refractivity contribution in [1.82, 2.24) is 20.8 Å². The van der Waals surface area contributed by atoms with Crippen molar-refractivity contribution in [2.75, 3.05) is 0 Å². The maximum Gasteiger partial charge on any atom is 0.269 e. The van der Waals surface area contributed by atoms with Crippen molar-refractivity contribution < 1.29 is 9.59 Å². The zero-order chi connectivity index (χ0) is 20.4. The first-order valence-corrected chi connectivity index (χ1v) is 9.76. The standard InChI is InChI=1S/C20H22N4O3S/c1-10(2)13-5-7-14(8-6-13)18(26)24-23-16(25)9-15-21-19(27)17-11(3)12(4)28-20(17)22-15/h5-8,10H,9H2,1-4H3,(H,23,25)(H,24,26)(H,21,22,27). The third-order valence-electron chi connectivity index (χ3n) is 4.57. The highest BCUT2D eigenvalue weighted by Crippen LogP contribution is 2.25. The van der Waals surface area contributed by atoms with Gasteiger partial charge in [-0.15, -0.1) is 11.3 Å². The predicted molar refractivity (Wildman–Crippen MR) is 110 cm³/mol. The summed E-state index contributed by atoms with van der Waals surface area (Å²) in [5, 5.41) is 0.560. The van der Waals surface area contributed by atoms with Crippen LogP contribution in [0.1, 0.15) is 52.0 Å². The Balaban J connectivity index is 1.63. The number of nitrogens with one attached hydrogen (secondary N) is 3. The van der Waals surface area contributed by atoms with Crippen LogP contribution in [0.3, 0.4) is 0 Å². The van der Waals surface area contributed by atoms with Gasteiger partial charge in [-0.2, -0.15) is 0 Å². The van der Waals surface area contributed by atoms with Crippen molar-refractivity contribution in [3.8, 4) is 0 Å². The lowest BCUT2D eigenvalue weighted by molar-refractivity contribution is -0.121. The molecular formula is C20H22N4O3S. The molecule has 1 aromatic carbocycles. The van der Waals surface area contributed by atoms with Gasteiger partial charge in [-0.25, -0.2) is 4.98 Å². The summed E-state index contributed by atoms with van der Waals surface area (Å²) in [4.78, 5) is 45.2. The Hall–Kier alpha value is -3.00. The molecule has 0 bridgehead atoms. The fourth-order valence-corrected chi connectivity index (χ4v) is 3.85. The molecule has 2 aromatic heterocycles. The first-order valence-electron chi connectivity index (χ1n) is 8.94. The molecule has 2 amide bonds. The average Bonchev–Trinajstić information content (AvgIpc) is 2.94. The van der Waals surface area contributed by atoms with Crippen LogP contribution in [0.25, 0.3) is 10.2 Å². The van der Waals surface area contributed by atoms with E-state index in [4.69, 9.17) is 0 Å². The average molecular weight is 398 g/mol. The molecule has 0 fully saturated rings. The molecular weight excluding hydrogens is 376 g/mol. The minimum Gasteiger partial charge on any atom is -0.309 e. The van der Waals surface area contributed by atoms with E-state index in [1.54, 1.807) is 12.1 Å². The second kappa shape index (κ2) is 7.93. The summed E-state index contributed by atoms with van der Waals surface area (Å²) in [5.74, 6) is -0.253. The number of carbonyl (C=O) groups excluding carboxylic acids is 2. The molecule has 0 aliphatic rings. The summed E-state index contributed by atoms with van der Waals surface area (Å²) in [6.07, 6.45) is -0.145. The van der Waals surface area contributed by atoms with Gasteiger partial charge in [0.25, 0.3) is 11.5 Å². The lowest BCUT2D eigenvalue weighted by atomic mass is 10.0. The molecule has 3 N–H and O–H groups in total. The van der Waals surface area contributed by atoms with Gasteiger partial charge in [-0.1, -0.05) is 26.0 Å². The number of nitrogens with zero attached hydrogens (tertiary/aromatic N) is 1. The van der Waals surface area contributed by atoms with Crippen LogP contribution in [0.15, 0.2) is 29.1 Å². The molecule has 0 atom stereocenters. The molecule has 0 radical (unpaired) electrons. The number of aryl methyl sites for hydroxylation is 2. The van der Waals surface area contributed by atoms with Crippen LogP contribution < -0.4 is 16.4 Å². The van der Waals surface area contributed by atoms with E-state index in [1.165, 1.54) is 11.3 Å². The molecule has 0 aliphatic carbocycles. The number of carbonyl (C=O) groups is 2. The van der Waals surface area contributed by atoms with Crippen LogP contribution in [0.4, 0.5) is 0 Å². The fraction of sp³-hybridized carbons (Fsp3) is 0.300. The fourth-order valence-electron chi connectivity index (χ4n) is 2.80. The summed E-state index contributed by atoms with van der Waals surface area (Å²) in [5.41, 5.74) is 6.95. The van der Waals surface area contributed by atoms with Crippen molar-refractivity contribution >= 4 is 33.4 Å². The zero-order valence-corrected chi connectivity index (χ0v) is 17.0. The number of benzene rings is 1. The third kappa shape index (κ3) is 4.12. The van der Waals surface area contributed by atoms with E-state index in [-0.39, 0.29) is 17.8 Å². The maximum atomic E-state index is 12.3. The quantitative estimate of drug-likeness (QED) is 0.588. The SMILES string of the molecule is Cc1sc2nc(CC(=O)NNC(=O)c3ccc(C(C)C)cc3)[nH]c(=O)c2c1C. The number of thiophene rings is 1. The molecule has 7 nitrogen and oxygen atoms in total. The van der Waals surface area contributed by atoms with Crippen LogP contribution in [0.2, 0.25) is 0 Å². The second-order valence-corrected chi connectivity index (χ2v) is 8.14. The summed E-state index contributed by atoms with van der Waals surface area (Å²) in [6, 6.07) is 7.20. The molecule has 146 valence electrons. The molecule has 28 heavy (non-hydrogen) atoms. The Labute approximate surface area is 166 Å². The van der Waals surface area contributed by atoms with Crippen LogP contribution in [-0.4, -0.2) is 21.8 Å². The van der Waals surface area contributed by atoms with Crippen LogP contribution >= 0.6 is 11.3 Å². The molecule has 0 saturated carbocycles. The zero-order valence-electron chi connectivity index (χ0n) is 16.2. The van der Waals surface area contributed by atoms with E-state index in [1.807, 2.05) is 26.0 Å². The predicted octanol–water partition coefficient (Wildman–Crippen LogP) is 2.73. The number of hydrogen-bond acceptors (Lipinski definition) is 5. The molecule has 3 aromatic rings. The molecule has 3 rings (SSSR count). The Morgan fingerprint density at radius 2 is 1.82 bits per heavy atom. The summed E-state index contributed by atoms with van der Waals surface area (Å²) >= 11 is 1.42.